The van der Waals surface area contributed by atoms with Crippen molar-refractivity contribution in [3.05, 3.63) is 90.4 Å². The van der Waals surface area contributed by atoms with Gasteiger partial charge in [-0.25, -0.2) is 4.39 Å². The van der Waals surface area contributed by atoms with Crippen molar-refractivity contribution in [2.45, 2.75) is 25.7 Å². The molecule has 0 radical (unpaired) electrons. The van der Waals surface area contributed by atoms with Crippen molar-refractivity contribution >= 4 is 34.6 Å². The number of halogens is 1. The number of H-pyrrole nitrogens is 1. The fourth-order valence-electron chi connectivity index (χ4n) is 3.74. The molecule has 0 spiro atoms. The van der Waals surface area contributed by atoms with Gasteiger partial charge in [-0.15, -0.1) is 0 Å². The molecule has 3 aromatic carbocycles. The maximum Gasteiger partial charge on any atom is 0.269 e. The van der Waals surface area contributed by atoms with E-state index < -0.39 is 5.82 Å². The third-order valence-electron chi connectivity index (χ3n) is 5.72. The molecule has 0 saturated carbocycles. The Hall–Kier alpha value is -4.66. The van der Waals surface area contributed by atoms with Crippen LogP contribution >= 0.6 is 0 Å². The number of aromatic amines is 1. The normalized spacial score (nSPS) is 10.6. The van der Waals surface area contributed by atoms with Gasteiger partial charge in [0.2, 0.25) is 5.91 Å². The number of nitrogens with zero attached hydrogens (tertiary/aromatic N) is 1. The first-order valence-electron chi connectivity index (χ1n) is 12.1. The highest BCUT2D eigenvalue weighted by Crippen LogP contribution is 2.23. The molecule has 0 aliphatic heterocycles. The lowest BCUT2D eigenvalue weighted by Gasteiger charge is -2.08. The topological polar surface area (TPSA) is 125 Å². The Morgan fingerprint density at radius 3 is 2.41 bits per heavy atom. The van der Waals surface area contributed by atoms with Gasteiger partial charge in [-0.3, -0.25) is 14.7 Å². The van der Waals surface area contributed by atoms with Crippen LogP contribution in [0.2, 0.25) is 0 Å². The summed E-state index contributed by atoms with van der Waals surface area (Å²) < 4.78 is 13.1. The molecular weight excluding hydrogens is 471 g/mol. The van der Waals surface area contributed by atoms with Gasteiger partial charge in [-0.05, 0) is 61.4 Å². The van der Waals surface area contributed by atoms with E-state index in [1.165, 1.54) is 18.2 Å². The second kappa shape index (κ2) is 12.3. The quantitative estimate of drug-likeness (QED) is 0.138. The lowest BCUT2D eigenvalue weighted by atomic mass is 10.1. The number of nitrogens with one attached hydrogen (secondary N) is 4. The largest absolute Gasteiger partial charge is 0.397 e. The van der Waals surface area contributed by atoms with E-state index in [0.717, 1.165) is 29.8 Å². The van der Waals surface area contributed by atoms with Crippen LogP contribution in [0.15, 0.2) is 78.9 Å². The first-order chi connectivity index (χ1) is 18.0. The number of hydrogen-bond acceptors (Lipinski definition) is 5. The number of para-hydroxylation sites is 1. The molecule has 6 N–H and O–H groups in total. The van der Waals surface area contributed by atoms with Crippen molar-refractivity contribution in [1.82, 2.24) is 15.5 Å². The SMILES string of the molecule is Nc1cc(F)ccc1NC(=O)CCCCCNC(=O)c1cc(-c2ccc(Nc3ccccc3)cc2)n[nH]1. The maximum atomic E-state index is 13.1. The fraction of sp³-hybridized carbons (Fsp3) is 0.179. The van der Waals surface area contributed by atoms with Gasteiger partial charge in [-0.2, -0.15) is 5.10 Å². The number of anilines is 4. The first kappa shape index (κ1) is 25.4. The zero-order valence-electron chi connectivity index (χ0n) is 20.3. The summed E-state index contributed by atoms with van der Waals surface area (Å²) in [6.07, 6.45) is 2.47. The highest BCUT2D eigenvalue weighted by molar-refractivity contribution is 5.94. The van der Waals surface area contributed by atoms with Gasteiger partial charge >= 0.3 is 0 Å². The highest BCUT2D eigenvalue weighted by Gasteiger charge is 2.11. The summed E-state index contributed by atoms with van der Waals surface area (Å²) in [4.78, 5) is 24.5. The molecule has 1 heterocycles. The molecule has 0 fully saturated rings. The van der Waals surface area contributed by atoms with Crippen molar-refractivity contribution in [2.75, 3.05) is 22.9 Å². The molecule has 2 amide bonds. The number of carbonyl (C=O) groups excluding carboxylic acids is 2. The van der Waals surface area contributed by atoms with Crippen LogP contribution in [0.4, 0.5) is 27.1 Å². The maximum absolute atomic E-state index is 13.1. The lowest BCUT2D eigenvalue weighted by Crippen LogP contribution is -2.24. The Kier molecular flexibility index (Phi) is 8.49. The molecule has 0 aliphatic carbocycles. The minimum absolute atomic E-state index is 0.184. The summed E-state index contributed by atoms with van der Waals surface area (Å²) in [7, 11) is 0. The average molecular weight is 501 g/mol. The van der Waals surface area contributed by atoms with E-state index in [9.17, 15) is 14.0 Å². The molecule has 190 valence electrons. The van der Waals surface area contributed by atoms with Crippen LogP contribution in [0, 0.1) is 5.82 Å². The van der Waals surface area contributed by atoms with Crippen LogP contribution in [-0.2, 0) is 4.79 Å². The lowest BCUT2D eigenvalue weighted by molar-refractivity contribution is -0.116. The van der Waals surface area contributed by atoms with Crippen molar-refractivity contribution in [1.29, 1.82) is 0 Å². The summed E-state index contributed by atoms with van der Waals surface area (Å²) in [5, 5.41) is 15.9. The molecule has 4 aromatic rings. The number of hydrogen-bond donors (Lipinski definition) is 5. The molecule has 4 rings (SSSR count). The van der Waals surface area contributed by atoms with Gasteiger partial charge < -0.3 is 21.7 Å². The van der Waals surface area contributed by atoms with Crippen LogP contribution in [0.3, 0.4) is 0 Å². The zero-order chi connectivity index (χ0) is 26.0. The van der Waals surface area contributed by atoms with E-state index in [1.807, 2.05) is 54.6 Å². The van der Waals surface area contributed by atoms with Crippen molar-refractivity contribution in [3.63, 3.8) is 0 Å². The number of carbonyl (C=O) groups is 2. The van der Waals surface area contributed by atoms with E-state index in [0.29, 0.717) is 36.5 Å². The molecule has 0 atom stereocenters. The minimum Gasteiger partial charge on any atom is -0.397 e. The third-order valence-corrected chi connectivity index (χ3v) is 5.72. The van der Waals surface area contributed by atoms with Gasteiger partial charge in [0, 0.05) is 29.9 Å². The number of benzene rings is 3. The number of nitrogens with two attached hydrogens (primary N) is 1. The smallest absolute Gasteiger partial charge is 0.269 e. The van der Waals surface area contributed by atoms with E-state index in [2.05, 4.69) is 26.1 Å². The predicted molar refractivity (Wildman–Crippen MR) is 144 cm³/mol. The van der Waals surface area contributed by atoms with Crippen LogP contribution in [0.1, 0.15) is 36.2 Å². The van der Waals surface area contributed by atoms with Crippen molar-refractivity contribution in [2.24, 2.45) is 0 Å². The average Bonchev–Trinajstić information content (AvgIpc) is 3.39. The van der Waals surface area contributed by atoms with Crippen molar-refractivity contribution < 1.29 is 14.0 Å². The number of amides is 2. The second-order valence-electron chi connectivity index (χ2n) is 8.58. The molecule has 37 heavy (non-hydrogen) atoms. The molecule has 9 heteroatoms. The Labute approximate surface area is 214 Å². The third kappa shape index (κ3) is 7.41. The van der Waals surface area contributed by atoms with Gasteiger partial charge in [0.1, 0.15) is 11.5 Å². The second-order valence-corrected chi connectivity index (χ2v) is 8.58. The summed E-state index contributed by atoms with van der Waals surface area (Å²) in [6, 6.07) is 23.3. The van der Waals surface area contributed by atoms with Gasteiger partial charge in [0.05, 0.1) is 17.1 Å². The molecule has 0 aliphatic rings. The van der Waals surface area contributed by atoms with E-state index >= 15 is 0 Å². The van der Waals surface area contributed by atoms with Gasteiger partial charge in [0.25, 0.3) is 5.91 Å². The molecule has 8 nitrogen and oxygen atoms in total. The minimum atomic E-state index is -0.449. The molecule has 0 bridgehead atoms. The molecule has 0 saturated heterocycles. The van der Waals surface area contributed by atoms with Crippen LogP contribution in [-0.4, -0.2) is 28.6 Å². The molecule has 1 aromatic heterocycles. The number of rotatable bonds is 11. The Morgan fingerprint density at radius 2 is 1.65 bits per heavy atom. The Bertz CT molecular complexity index is 1340. The van der Waals surface area contributed by atoms with Crippen LogP contribution in [0.25, 0.3) is 11.3 Å². The van der Waals surface area contributed by atoms with E-state index in [1.54, 1.807) is 6.07 Å². The monoisotopic (exact) mass is 500 g/mol. The van der Waals surface area contributed by atoms with E-state index in [4.69, 9.17) is 5.73 Å². The number of unbranched alkanes of at least 4 members (excludes halogenated alkanes) is 2. The zero-order valence-corrected chi connectivity index (χ0v) is 20.3. The Morgan fingerprint density at radius 1 is 0.892 bits per heavy atom. The number of aromatic nitrogens is 2. The fourth-order valence-corrected chi connectivity index (χ4v) is 3.74. The van der Waals surface area contributed by atoms with Crippen LogP contribution in [0.5, 0.6) is 0 Å². The number of nitrogen functional groups attached to an aromatic ring is 1. The first-order valence-corrected chi connectivity index (χ1v) is 12.1. The van der Waals surface area contributed by atoms with E-state index in [-0.39, 0.29) is 17.5 Å². The summed E-state index contributed by atoms with van der Waals surface area (Å²) in [6.45, 7) is 0.486. The molecule has 0 unspecified atom stereocenters. The molecular formula is C28H29FN6O2. The highest BCUT2D eigenvalue weighted by atomic mass is 19.1. The van der Waals surface area contributed by atoms with Gasteiger partial charge in [-0.1, -0.05) is 36.8 Å². The summed E-state index contributed by atoms with van der Waals surface area (Å²) >= 11 is 0. The predicted octanol–water partition coefficient (Wildman–Crippen LogP) is 5.47. The summed E-state index contributed by atoms with van der Waals surface area (Å²) in [5.74, 6) is -0.864. The van der Waals surface area contributed by atoms with Gasteiger partial charge in [0.15, 0.2) is 0 Å². The van der Waals surface area contributed by atoms with Crippen molar-refractivity contribution in [3.8, 4) is 11.3 Å². The van der Waals surface area contributed by atoms with Crippen LogP contribution < -0.4 is 21.7 Å². The standard InChI is InChI=1S/C28H29FN6O2/c29-20-12-15-24(23(30)17-20)33-27(36)9-5-2-6-16-31-28(37)26-18-25(34-35-26)19-10-13-22(14-11-19)32-21-7-3-1-4-8-21/h1,3-4,7-8,10-15,17-18,32H,2,5-6,9,16,30H2,(H,31,37)(H,33,36)(H,34,35). The summed E-state index contributed by atoms with van der Waals surface area (Å²) in [5.41, 5.74) is 10.2. The Balaban J connectivity index is 1.16.